The SMILES string of the molecule is COc1cc(Cc2c(C)[nH]c(=O)[nH]c2=O)ccc1OCC(C)C. The molecule has 0 unspecified atom stereocenters. The van der Waals surface area contributed by atoms with Gasteiger partial charge < -0.3 is 14.5 Å². The quantitative estimate of drug-likeness (QED) is 0.853. The second kappa shape index (κ2) is 7.17. The Hall–Kier alpha value is -2.50. The Bertz CT molecular complexity index is 790. The fourth-order valence-corrected chi connectivity index (χ4v) is 2.24. The molecule has 1 heterocycles. The van der Waals surface area contributed by atoms with Crippen molar-refractivity contribution in [3.05, 3.63) is 55.9 Å². The molecule has 0 aliphatic carbocycles. The zero-order valence-corrected chi connectivity index (χ0v) is 13.9. The van der Waals surface area contributed by atoms with Crippen molar-refractivity contribution in [3.8, 4) is 11.5 Å². The van der Waals surface area contributed by atoms with Gasteiger partial charge in [-0.05, 0) is 30.5 Å². The Balaban J connectivity index is 2.28. The maximum atomic E-state index is 11.9. The lowest BCUT2D eigenvalue weighted by molar-refractivity contribution is 0.257. The minimum Gasteiger partial charge on any atom is -0.493 e. The van der Waals surface area contributed by atoms with Crippen LogP contribution in [0.2, 0.25) is 0 Å². The van der Waals surface area contributed by atoms with Gasteiger partial charge in [0.05, 0.1) is 13.7 Å². The highest BCUT2D eigenvalue weighted by Crippen LogP contribution is 2.29. The summed E-state index contributed by atoms with van der Waals surface area (Å²) in [4.78, 5) is 28.0. The molecule has 0 aliphatic rings. The summed E-state index contributed by atoms with van der Waals surface area (Å²) in [6.45, 7) is 6.47. The molecule has 0 amide bonds. The first-order chi connectivity index (χ1) is 10.9. The molecule has 0 aliphatic heterocycles. The van der Waals surface area contributed by atoms with Gasteiger partial charge in [0.15, 0.2) is 11.5 Å². The van der Waals surface area contributed by atoms with Crippen LogP contribution >= 0.6 is 0 Å². The van der Waals surface area contributed by atoms with Gasteiger partial charge in [-0.15, -0.1) is 0 Å². The molecule has 23 heavy (non-hydrogen) atoms. The lowest BCUT2D eigenvalue weighted by atomic mass is 10.0. The molecule has 2 aromatic rings. The predicted octanol–water partition coefficient (Wildman–Crippen LogP) is 2.01. The Labute approximate surface area is 134 Å². The summed E-state index contributed by atoms with van der Waals surface area (Å²) in [5.74, 6) is 1.72. The van der Waals surface area contributed by atoms with Crippen molar-refractivity contribution in [1.29, 1.82) is 0 Å². The Kier molecular flexibility index (Phi) is 5.26. The molecule has 0 saturated carbocycles. The fraction of sp³-hybridized carbons (Fsp3) is 0.412. The monoisotopic (exact) mass is 318 g/mol. The van der Waals surface area contributed by atoms with Gasteiger partial charge in [-0.2, -0.15) is 0 Å². The van der Waals surface area contributed by atoms with Crippen LogP contribution in [0.4, 0.5) is 0 Å². The summed E-state index contributed by atoms with van der Waals surface area (Å²) >= 11 is 0. The summed E-state index contributed by atoms with van der Waals surface area (Å²) in [6, 6.07) is 5.58. The van der Waals surface area contributed by atoms with Gasteiger partial charge >= 0.3 is 5.69 Å². The third kappa shape index (κ3) is 4.25. The highest BCUT2D eigenvalue weighted by Gasteiger charge is 2.11. The Morgan fingerprint density at radius 1 is 1.13 bits per heavy atom. The largest absolute Gasteiger partial charge is 0.493 e. The summed E-state index contributed by atoms with van der Waals surface area (Å²) in [7, 11) is 1.58. The highest BCUT2D eigenvalue weighted by molar-refractivity contribution is 5.44. The molecular weight excluding hydrogens is 296 g/mol. The Morgan fingerprint density at radius 2 is 1.87 bits per heavy atom. The molecule has 0 radical (unpaired) electrons. The average Bonchev–Trinajstić information content (AvgIpc) is 2.49. The van der Waals surface area contributed by atoms with Crippen molar-refractivity contribution >= 4 is 0 Å². The van der Waals surface area contributed by atoms with Gasteiger partial charge in [0.25, 0.3) is 5.56 Å². The Morgan fingerprint density at radius 3 is 2.48 bits per heavy atom. The first-order valence-electron chi connectivity index (χ1n) is 7.52. The van der Waals surface area contributed by atoms with E-state index in [0.29, 0.717) is 41.7 Å². The maximum Gasteiger partial charge on any atom is 0.325 e. The van der Waals surface area contributed by atoms with Gasteiger partial charge in [-0.3, -0.25) is 9.78 Å². The van der Waals surface area contributed by atoms with E-state index in [2.05, 4.69) is 23.8 Å². The van der Waals surface area contributed by atoms with Crippen molar-refractivity contribution in [2.75, 3.05) is 13.7 Å². The van der Waals surface area contributed by atoms with Crippen LogP contribution in [0.25, 0.3) is 0 Å². The van der Waals surface area contributed by atoms with Crippen LogP contribution in [0, 0.1) is 12.8 Å². The van der Waals surface area contributed by atoms with E-state index >= 15 is 0 Å². The molecule has 0 bridgehead atoms. The topological polar surface area (TPSA) is 84.2 Å². The van der Waals surface area contributed by atoms with Gasteiger partial charge in [0, 0.05) is 17.7 Å². The zero-order valence-electron chi connectivity index (χ0n) is 13.9. The third-order valence-corrected chi connectivity index (χ3v) is 3.44. The standard InChI is InChI=1S/C17H22N2O4/c1-10(2)9-23-14-6-5-12(8-15(14)22-4)7-13-11(3)18-17(21)19-16(13)20/h5-6,8,10H,7,9H2,1-4H3,(H2,18,19,20,21). The number of aromatic nitrogens is 2. The summed E-state index contributed by atoms with van der Waals surface area (Å²) in [5, 5.41) is 0. The van der Waals surface area contributed by atoms with Crippen LogP contribution in [0.1, 0.15) is 30.7 Å². The lowest BCUT2D eigenvalue weighted by Crippen LogP contribution is -2.27. The smallest absolute Gasteiger partial charge is 0.325 e. The number of hydrogen-bond donors (Lipinski definition) is 2. The minimum atomic E-state index is -0.494. The first kappa shape index (κ1) is 16.9. The fourth-order valence-electron chi connectivity index (χ4n) is 2.24. The van der Waals surface area contributed by atoms with Crippen LogP contribution in [0.5, 0.6) is 11.5 Å². The normalized spacial score (nSPS) is 10.8. The number of benzene rings is 1. The number of hydrogen-bond acceptors (Lipinski definition) is 4. The van der Waals surface area contributed by atoms with E-state index in [1.807, 2.05) is 18.2 Å². The van der Waals surface area contributed by atoms with E-state index in [1.54, 1.807) is 14.0 Å². The lowest BCUT2D eigenvalue weighted by Gasteiger charge is -2.14. The zero-order chi connectivity index (χ0) is 17.0. The van der Waals surface area contributed by atoms with Crippen molar-refractivity contribution in [2.24, 2.45) is 5.92 Å². The van der Waals surface area contributed by atoms with Gasteiger partial charge in [-0.1, -0.05) is 19.9 Å². The van der Waals surface area contributed by atoms with Gasteiger partial charge in [0.2, 0.25) is 0 Å². The molecule has 0 saturated heterocycles. The summed E-state index contributed by atoms with van der Waals surface area (Å²) in [6.07, 6.45) is 0.402. The molecule has 124 valence electrons. The number of H-pyrrole nitrogens is 2. The molecule has 0 fully saturated rings. The second-order valence-corrected chi connectivity index (χ2v) is 5.88. The van der Waals surface area contributed by atoms with Gasteiger partial charge in [0.1, 0.15) is 0 Å². The first-order valence-corrected chi connectivity index (χ1v) is 7.52. The molecule has 1 aromatic heterocycles. The summed E-state index contributed by atoms with van der Waals surface area (Å²) in [5.41, 5.74) is 1.14. The number of aromatic amines is 2. The van der Waals surface area contributed by atoms with E-state index in [1.165, 1.54) is 0 Å². The van der Waals surface area contributed by atoms with Crippen LogP contribution < -0.4 is 20.7 Å². The number of nitrogens with one attached hydrogen (secondary N) is 2. The maximum absolute atomic E-state index is 11.9. The molecule has 0 atom stereocenters. The van der Waals surface area contributed by atoms with Crippen LogP contribution in [0.15, 0.2) is 27.8 Å². The van der Waals surface area contributed by atoms with E-state index in [-0.39, 0.29) is 5.56 Å². The molecule has 0 spiro atoms. The van der Waals surface area contributed by atoms with E-state index in [4.69, 9.17) is 9.47 Å². The minimum absolute atomic E-state index is 0.370. The summed E-state index contributed by atoms with van der Waals surface area (Å²) < 4.78 is 11.1. The number of rotatable bonds is 6. The van der Waals surface area contributed by atoms with Crippen molar-refractivity contribution in [3.63, 3.8) is 0 Å². The van der Waals surface area contributed by atoms with Crippen LogP contribution in [-0.4, -0.2) is 23.7 Å². The van der Waals surface area contributed by atoms with Crippen molar-refractivity contribution < 1.29 is 9.47 Å². The molecule has 2 rings (SSSR count). The van der Waals surface area contributed by atoms with Gasteiger partial charge in [-0.25, -0.2) is 4.79 Å². The third-order valence-electron chi connectivity index (χ3n) is 3.44. The molecule has 2 N–H and O–H groups in total. The van der Waals surface area contributed by atoms with Crippen LogP contribution in [0.3, 0.4) is 0 Å². The van der Waals surface area contributed by atoms with E-state index in [9.17, 15) is 9.59 Å². The predicted molar refractivity (Wildman–Crippen MR) is 88.6 cm³/mol. The number of aryl methyl sites for hydroxylation is 1. The van der Waals surface area contributed by atoms with Crippen molar-refractivity contribution in [1.82, 2.24) is 9.97 Å². The van der Waals surface area contributed by atoms with E-state index in [0.717, 1.165) is 5.56 Å². The molecule has 6 heteroatoms. The number of ether oxygens (including phenoxy) is 2. The van der Waals surface area contributed by atoms with Crippen molar-refractivity contribution in [2.45, 2.75) is 27.2 Å². The second-order valence-electron chi connectivity index (χ2n) is 5.88. The molecule has 6 nitrogen and oxygen atoms in total. The van der Waals surface area contributed by atoms with Crippen LogP contribution in [-0.2, 0) is 6.42 Å². The number of methoxy groups -OCH3 is 1. The average molecular weight is 318 g/mol. The molecular formula is C17H22N2O4. The van der Waals surface area contributed by atoms with E-state index < -0.39 is 5.69 Å². The highest BCUT2D eigenvalue weighted by atomic mass is 16.5. The molecule has 1 aromatic carbocycles.